The fraction of sp³-hybridized carbons (Fsp3) is 0.188. The first-order valence-electron chi connectivity index (χ1n) is 6.17. The minimum absolute atomic E-state index is 0.307. The Morgan fingerprint density at radius 1 is 1.25 bits per heavy atom. The van der Waals surface area contributed by atoms with Crippen molar-refractivity contribution in [1.29, 1.82) is 5.26 Å². The Labute approximate surface area is 116 Å². The number of rotatable bonds is 3. The lowest BCUT2D eigenvalue weighted by atomic mass is 10.1. The summed E-state index contributed by atoms with van der Waals surface area (Å²) in [5.74, 6) is 0.546. The summed E-state index contributed by atoms with van der Waals surface area (Å²) in [5.41, 5.74) is 1.48. The van der Waals surface area contributed by atoms with E-state index in [9.17, 15) is 9.50 Å². The SMILES string of the molecule is Cc1cc(Oc2cc(C#N)ccc2[C@@H](C)O)ccc1F. The maximum atomic E-state index is 13.2. The standard InChI is InChI=1S/C16H14FNO2/c1-10-7-13(4-6-15(10)17)20-16-8-12(9-18)3-5-14(16)11(2)19/h3-8,11,19H,1-2H3/t11-/m1/s1. The van der Waals surface area contributed by atoms with Crippen LogP contribution >= 0.6 is 0 Å². The normalized spacial score (nSPS) is 11.8. The van der Waals surface area contributed by atoms with Crippen LogP contribution in [0.5, 0.6) is 11.5 Å². The molecule has 3 nitrogen and oxygen atoms in total. The van der Waals surface area contributed by atoms with Gasteiger partial charge in [-0.05, 0) is 49.7 Å². The largest absolute Gasteiger partial charge is 0.457 e. The van der Waals surface area contributed by atoms with Crippen LogP contribution in [0.25, 0.3) is 0 Å². The summed E-state index contributed by atoms with van der Waals surface area (Å²) in [6.45, 7) is 3.26. The van der Waals surface area contributed by atoms with Crippen molar-refractivity contribution < 1.29 is 14.2 Å². The molecule has 0 unspecified atom stereocenters. The number of hydrogen-bond acceptors (Lipinski definition) is 3. The summed E-state index contributed by atoms with van der Waals surface area (Å²) in [5, 5.41) is 18.6. The van der Waals surface area contributed by atoms with Crippen molar-refractivity contribution in [2.24, 2.45) is 0 Å². The molecular formula is C16H14FNO2. The molecule has 2 aromatic carbocycles. The van der Waals surface area contributed by atoms with Crippen molar-refractivity contribution in [2.45, 2.75) is 20.0 Å². The van der Waals surface area contributed by atoms with Gasteiger partial charge in [0.25, 0.3) is 0 Å². The van der Waals surface area contributed by atoms with Crippen molar-refractivity contribution in [3.05, 3.63) is 58.9 Å². The van der Waals surface area contributed by atoms with Crippen LogP contribution in [0.3, 0.4) is 0 Å². The quantitative estimate of drug-likeness (QED) is 0.922. The van der Waals surface area contributed by atoms with Crippen LogP contribution in [-0.2, 0) is 0 Å². The second kappa shape index (κ2) is 5.72. The van der Waals surface area contributed by atoms with Gasteiger partial charge in [0.15, 0.2) is 0 Å². The van der Waals surface area contributed by atoms with E-state index in [0.717, 1.165) is 0 Å². The van der Waals surface area contributed by atoms with E-state index in [0.29, 0.717) is 28.2 Å². The van der Waals surface area contributed by atoms with Gasteiger partial charge in [0.05, 0.1) is 17.7 Å². The number of benzene rings is 2. The number of nitriles is 1. The lowest BCUT2D eigenvalue weighted by Crippen LogP contribution is -1.97. The maximum Gasteiger partial charge on any atom is 0.134 e. The Morgan fingerprint density at radius 2 is 2.00 bits per heavy atom. The average molecular weight is 271 g/mol. The first-order chi connectivity index (χ1) is 9.51. The van der Waals surface area contributed by atoms with Crippen LogP contribution in [-0.4, -0.2) is 5.11 Å². The maximum absolute atomic E-state index is 13.2. The van der Waals surface area contributed by atoms with E-state index < -0.39 is 6.10 Å². The van der Waals surface area contributed by atoms with Crippen LogP contribution in [0.4, 0.5) is 4.39 Å². The molecule has 0 bridgehead atoms. The van der Waals surface area contributed by atoms with Crippen molar-refractivity contribution in [2.75, 3.05) is 0 Å². The highest BCUT2D eigenvalue weighted by Crippen LogP contribution is 2.31. The van der Waals surface area contributed by atoms with Gasteiger partial charge < -0.3 is 9.84 Å². The van der Waals surface area contributed by atoms with Gasteiger partial charge in [-0.25, -0.2) is 4.39 Å². The van der Waals surface area contributed by atoms with E-state index in [4.69, 9.17) is 10.00 Å². The fourth-order valence-corrected chi connectivity index (χ4v) is 1.85. The summed E-state index contributed by atoms with van der Waals surface area (Å²) in [7, 11) is 0. The molecule has 0 aliphatic rings. The van der Waals surface area contributed by atoms with Crippen LogP contribution in [0.2, 0.25) is 0 Å². The molecule has 0 heterocycles. The summed E-state index contributed by atoms with van der Waals surface area (Å²) in [4.78, 5) is 0. The molecule has 0 aliphatic heterocycles. The molecule has 102 valence electrons. The number of aliphatic hydroxyl groups is 1. The Bertz CT molecular complexity index is 675. The number of aryl methyl sites for hydroxylation is 1. The Balaban J connectivity index is 2.40. The molecule has 0 aliphatic carbocycles. The molecule has 2 rings (SSSR count). The van der Waals surface area contributed by atoms with Crippen molar-refractivity contribution in [1.82, 2.24) is 0 Å². The van der Waals surface area contributed by atoms with Gasteiger partial charge in [-0.3, -0.25) is 0 Å². The molecule has 0 amide bonds. The monoisotopic (exact) mass is 271 g/mol. The summed E-state index contributed by atoms with van der Waals surface area (Å²) < 4.78 is 18.9. The summed E-state index contributed by atoms with van der Waals surface area (Å²) >= 11 is 0. The second-order valence-electron chi connectivity index (χ2n) is 4.55. The molecule has 2 aromatic rings. The van der Waals surface area contributed by atoms with E-state index >= 15 is 0 Å². The molecule has 0 spiro atoms. The Morgan fingerprint density at radius 3 is 2.60 bits per heavy atom. The van der Waals surface area contributed by atoms with Gasteiger partial charge in [0.1, 0.15) is 17.3 Å². The predicted octanol–water partition coefficient (Wildman–Crippen LogP) is 3.85. The van der Waals surface area contributed by atoms with Gasteiger partial charge in [0.2, 0.25) is 0 Å². The van der Waals surface area contributed by atoms with E-state index in [1.54, 1.807) is 38.1 Å². The number of nitrogens with zero attached hydrogens (tertiary/aromatic N) is 1. The molecular weight excluding hydrogens is 257 g/mol. The number of ether oxygens (including phenoxy) is 1. The molecule has 0 fully saturated rings. The van der Waals surface area contributed by atoms with Gasteiger partial charge >= 0.3 is 0 Å². The first kappa shape index (κ1) is 14.0. The third-order valence-electron chi connectivity index (χ3n) is 2.95. The van der Waals surface area contributed by atoms with Crippen molar-refractivity contribution in [3.8, 4) is 17.6 Å². The van der Waals surface area contributed by atoms with Crippen LogP contribution in [0.15, 0.2) is 36.4 Å². The van der Waals surface area contributed by atoms with E-state index in [-0.39, 0.29) is 5.82 Å². The van der Waals surface area contributed by atoms with Crippen molar-refractivity contribution in [3.63, 3.8) is 0 Å². The molecule has 0 aromatic heterocycles. The van der Waals surface area contributed by atoms with Gasteiger partial charge in [-0.1, -0.05) is 6.07 Å². The molecule has 0 saturated carbocycles. The zero-order chi connectivity index (χ0) is 14.7. The minimum Gasteiger partial charge on any atom is -0.457 e. The third kappa shape index (κ3) is 2.95. The molecule has 0 saturated heterocycles. The Kier molecular flexibility index (Phi) is 4.02. The van der Waals surface area contributed by atoms with E-state index in [1.165, 1.54) is 12.1 Å². The van der Waals surface area contributed by atoms with Gasteiger partial charge in [0, 0.05) is 5.56 Å². The second-order valence-corrected chi connectivity index (χ2v) is 4.55. The molecule has 20 heavy (non-hydrogen) atoms. The highest BCUT2D eigenvalue weighted by Gasteiger charge is 2.12. The lowest BCUT2D eigenvalue weighted by Gasteiger charge is -2.14. The molecule has 1 atom stereocenters. The van der Waals surface area contributed by atoms with Crippen LogP contribution < -0.4 is 4.74 Å². The molecule has 4 heteroatoms. The van der Waals surface area contributed by atoms with E-state index in [2.05, 4.69) is 0 Å². The average Bonchev–Trinajstić information content (AvgIpc) is 2.42. The number of hydrogen-bond donors (Lipinski definition) is 1. The predicted molar refractivity (Wildman–Crippen MR) is 73.0 cm³/mol. The summed E-state index contributed by atoms with van der Waals surface area (Å²) in [6.07, 6.45) is -0.723. The lowest BCUT2D eigenvalue weighted by molar-refractivity contribution is 0.195. The minimum atomic E-state index is -0.723. The first-order valence-corrected chi connectivity index (χ1v) is 6.17. The third-order valence-corrected chi connectivity index (χ3v) is 2.95. The molecule has 0 radical (unpaired) electrons. The summed E-state index contributed by atoms with van der Waals surface area (Å²) in [6, 6.07) is 11.2. The van der Waals surface area contributed by atoms with Crippen molar-refractivity contribution >= 4 is 0 Å². The fourth-order valence-electron chi connectivity index (χ4n) is 1.85. The highest BCUT2D eigenvalue weighted by atomic mass is 19.1. The van der Waals surface area contributed by atoms with E-state index in [1.807, 2.05) is 6.07 Å². The Hall–Kier alpha value is -2.38. The molecule has 1 N–H and O–H groups in total. The zero-order valence-electron chi connectivity index (χ0n) is 11.2. The van der Waals surface area contributed by atoms with Crippen LogP contribution in [0, 0.1) is 24.1 Å². The number of halogens is 1. The number of aliphatic hydroxyl groups excluding tert-OH is 1. The van der Waals surface area contributed by atoms with Gasteiger partial charge in [-0.15, -0.1) is 0 Å². The highest BCUT2D eigenvalue weighted by molar-refractivity contribution is 5.46. The smallest absolute Gasteiger partial charge is 0.134 e. The topological polar surface area (TPSA) is 53.2 Å². The zero-order valence-corrected chi connectivity index (χ0v) is 11.2. The van der Waals surface area contributed by atoms with Gasteiger partial charge in [-0.2, -0.15) is 5.26 Å². The van der Waals surface area contributed by atoms with Crippen LogP contribution in [0.1, 0.15) is 29.7 Å².